The minimum Gasteiger partial charge on any atom is -0.491 e. The molecule has 1 saturated heterocycles. The number of para-hydroxylation sites is 1. The van der Waals surface area contributed by atoms with Crippen LogP contribution in [-0.4, -0.2) is 44.2 Å². The molecule has 1 aliphatic rings. The Hall–Kier alpha value is -0.480. The summed E-state index contributed by atoms with van der Waals surface area (Å²) in [6, 6.07) is 8.24. The highest BCUT2D eigenvalue weighted by Gasteiger charge is 2.20. The highest BCUT2D eigenvalue weighted by Crippen LogP contribution is 2.23. The lowest BCUT2D eigenvalue weighted by atomic mass is 10.3. The zero-order valence-electron chi connectivity index (χ0n) is 10.6. The molecule has 0 spiro atoms. The van der Waals surface area contributed by atoms with E-state index in [4.69, 9.17) is 16.3 Å². The number of benzene rings is 1. The molecule has 0 amide bonds. The molecule has 0 radical (unpaired) electrons. The van der Waals surface area contributed by atoms with Crippen molar-refractivity contribution in [2.24, 2.45) is 0 Å². The quantitative estimate of drug-likeness (QED) is 0.902. The Labute approximate surface area is 120 Å². The van der Waals surface area contributed by atoms with E-state index < -0.39 is 0 Å². The summed E-state index contributed by atoms with van der Waals surface area (Å²) in [6.07, 6.45) is 1.22. The van der Waals surface area contributed by atoms with E-state index in [1.165, 1.54) is 6.42 Å². The molecule has 1 heterocycles. The summed E-state index contributed by atoms with van der Waals surface area (Å²) in [5.41, 5.74) is 0. The third-order valence-electron chi connectivity index (χ3n) is 3.18. The summed E-state index contributed by atoms with van der Waals surface area (Å²) >= 11 is 6.02. The first kappa shape index (κ1) is 15.6. The summed E-state index contributed by atoms with van der Waals surface area (Å²) in [6.45, 7) is 3.92. The van der Waals surface area contributed by atoms with Crippen LogP contribution in [0.4, 0.5) is 0 Å². The second-order valence-corrected chi connectivity index (χ2v) is 4.76. The number of hydrogen-bond donors (Lipinski definition) is 1. The van der Waals surface area contributed by atoms with Gasteiger partial charge in [0.2, 0.25) is 0 Å². The number of nitrogens with zero attached hydrogens (tertiary/aromatic N) is 1. The van der Waals surface area contributed by atoms with Crippen LogP contribution in [0.3, 0.4) is 0 Å². The van der Waals surface area contributed by atoms with Crippen molar-refractivity contribution in [2.45, 2.75) is 12.5 Å². The minimum atomic E-state index is 0. The first-order valence-electron chi connectivity index (χ1n) is 6.06. The maximum atomic E-state index is 6.02. The molecule has 1 aromatic carbocycles. The van der Waals surface area contributed by atoms with Crippen molar-refractivity contribution in [2.75, 3.05) is 33.3 Å². The van der Waals surface area contributed by atoms with Gasteiger partial charge in [0.25, 0.3) is 0 Å². The van der Waals surface area contributed by atoms with Gasteiger partial charge >= 0.3 is 0 Å². The molecule has 102 valence electrons. The number of ether oxygens (including phenoxy) is 1. The SMILES string of the molecule is CNC1CCN(CCOc2ccccc2Cl)C1.Cl. The molecule has 18 heavy (non-hydrogen) atoms. The average Bonchev–Trinajstić information content (AvgIpc) is 2.80. The standard InChI is InChI=1S/C13H19ClN2O.ClH/c1-15-11-6-7-16(10-11)8-9-17-13-5-3-2-4-12(13)14;/h2-5,11,15H,6-10H2,1H3;1H. The lowest BCUT2D eigenvalue weighted by Crippen LogP contribution is -2.31. The van der Waals surface area contributed by atoms with Gasteiger partial charge in [0.1, 0.15) is 12.4 Å². The van der Waals surface area contributed by atoms with Crippen molar-refractivity contribution in [3.05, 3.63) is 29.3 Å². The maximum absolute atomic E-state index is 6.02. The smallest absolute Gasteiger partial charge is 0.137 e. The van der Waals surface area contributed by atoms with E-state index in [9.17, 15) is 0 Å². The maximum Gasteiger partial charge on any atom is 0.137 e. The number of likely N-dealkylation sites (tertiary alicyclic amines) is 1. The fourth-order valence-electron chi connectivity index (χ4n) is 2.12. The van der Waals surface area contributed by atoms with E-state index in [2.05, 4.69) is 10.2 Å². The van der Waals surface area contributed by atoms with Crippen LogP contribution in [0.15, 0.2) is 24.3 Å². The molecular formula is C13H20Cl2N2O. The van der Waals surface area contributed by atoms with Crippen LogP contribution in [0, 0.1) is 0 Å². The summed E-state index contributed by atoms with van der Waals surface area (Å²) in [5.74, 6) is 0.776. The first-order valence-corrected chi connectivity index (χ1v) is 6.44. The normalized spacial score (nSPS) is 19.6. The Morgan fingerprint density at radius 2 is 2.22 bits per heavy atom. The van der Waals surface area contributed by atoms with E-state index in [0.29, 0.717) is 17.7 Å². The van der Waals surface area contributed by atoms with E-state index >= 15 is 0 Å². The van der Waals surface area contributed by atoms with Crippen LogP contribution in [0.5, 0.6) is 5.75 Å². The number of nitrogens with one attached hydrogen (secondary N) is 1. The lowest BCUT2D eigenvalue weighted by Gasteiger charge is -2.16. The molecule has 1 aromatic rings. The van der Waals surface area contributed by atoms with Crippen molar-refractivity contribution in [1.29, 1.82) is 0 Å². The topological polar surface area (TPSA) is 24.5 Å². The van der Waals surface area contributed by atoms with Gasteiger partial charge in [0, 0.05) is 19.1 Å². The Balaban J connectivity index is 0.00000162. The second-order valence-electron chi connectivity index (χ2n) is 4.35. The summed E-state index contributed by atoms with van der Waals surface area (Å²) in [4.78, 5) is 2.41. The highest BCUT2D eigenvalue weighted by molar-refractivity contribution is 6.32. The van der Waals surface area contributed by atoms with Crippen LogP contribution in [0.1, 0.15) is 6.42 Å². The van der Waals surface area contributed by atoms with Gasteiger partial charge in [0.05, 0.1) is 5.02 Å². The molecule has 2 rings (SSSR count). The van der Waals surface area contributed by atoms with Crippen molar-refractivity contribution >= 4 is 24.0 Å². The molecule has 0 aromatic heterocycles. The molecule has 0 saturated carbocycles. The van der Waals surface area contributed by atoms with Gasteiger partial charge in [-0.3, -0.25) is 4.90 Å². The number of rotatable bonds is 5. The van der Waals surface area contributed by atoms with Gasteiger partial charge in [-0.1, -0.05) is 23.7 Å². The van der Waals surface area contributed by atoms with Crippen molar-refractivity contribution in [3.8, 4) is 5.75 Å². The average molecular weight is 291 g/mol. The summed E-state index contributed by atoms with van der Waals surface area (Å²) in [7, 11) is 2.02. The Morgan fingerprint density at radius 1 is 1.44 bits per heavy atom. The van der Waals surface area contributed by atoms with Gasteiger partial charge in [-0.25, -0.2) is 0 Å². The molecular weight excluding hydrogens is 271 g/mol. The molecule has 1 aliphatic heterocycles. The molecule has 5 heteroatoms. The van der Waals surface area contributed by atoms with E-state index in [0.717, 1.165) is 25.4 Å². The van der Waals surface area contributed by atoms with E-state index in [-0.39, 0.29) is 12.4 Å². The molecule has 1 N–H and O–H groups in total. The molecule has 3 nitrogen and oxygen atoms in total. The summed E-state index contributed by atoms with van der Waals surface area (Å²) < 4.78 is 5.67. The third kappa shape index (κ3) is 4.32. The molecule has 0 aliphatic carbocycles. The van der Waals surface area contributed by atoms with Gasteiger partial charge in [-0.15, -0.1) is 12.4 Å². The lowest BCUT2D eigenvalue weighted by molar-refractivity contribution is 0.235. The summed E-state index contributed by atoms with van der Waals surface area (Å²) in [5, 5.41) is 3.99. The molecule has 1 atom stereocenters. The van der Waals surface area contributed by atoms with Gasteiger partial charge in [-0.2, -0.15) is 0 Å². The largest absolute Gasteiger partial charge is 0.491 e. The molecule has 0 bridgehead atoms. The van der Waals surface area contributed by atoms with E-state index in [1.807, 2.05) is 31.3 Å². The Bertz CT molecular complexity index is 363. The van der Waals surface area contributed by atoms with Crippen molar-refractivity contribution in [1.82, 2.24) is 10.2 Å². The fourth-order valence-corrected chi connectivity index (χ4v) is 2.31. The van der Waals surface area contributed by atoms with Crippen LogP contribution in [0.2, 0.25) is 5.02 Å². The zero-order valence-corrected chi connectivity index (χ0v) is 12.1. The third-order valence-corrected chi connectivity index (χ3v) is 3.49. The van der Waals surface area contributed by atoms with E-state index in [1.54, 1.807) is 0 Å². The Kier molecular flexibility index (Phi) is 6.79. The highest BCUT2D eigenvalue weighted by atomic mass is 35.5. The second kappa shape index (κ2) is 7.85. The van der Waals surface area contributed by atoms with Gasteiger partial charge in [0.15, 0.2) is 0 Å². The van der Waals surface area contributed by atoms with Crippen LogP contribution < -0.4 is 10.1 Å². The van der Waals surface area contributed by atoms with Gasteiger partial charge < -0.3 is 10.1 Å². The van der Waals surface area contributed by atoms with Gasteiger partial charge in [-0.05, 0) is 32.1 Å². The van der Waals surface area contributed by atoms with Crippen LogP contribution in [-0.2, 0) is 0 Å². The predicted molar refractivity (Wildman–Crippen MR) is 78.1 cm³/mol. The monoisotopic (exact) mass is 290 g/mol. The predicted octanol–water partition coefficient (Wildman–Crippen LogP) is 2.43. The minimum absolute atomic E-state index is 0. The molecule has 1 fully saturated rings. The zero-order chi connectivity index (χ0) is 12.1. The van der Waals surface area contributed by atoms with Crippen molar-refractivity contribution < 1.29 is 4.74 Å². The van der Waals surface area contributed by atoms with Crippen LogP contribution >= 0.6 is 24.0 Å². The number of halogens is 2. The fraction of sp³-hybridized carbons (Fsp3) is 0.538. The molecule has 1 unspecified atom stereocenters. The number of likely N-dealkylation sites (N-methyl/N-ethyl adjacent to an activating group) is 1. The Morgan fingerprint density at radius 3 is 2.89 bits per heavy atom. The first-order chi connectivity index (χ1) is 8.29. The van der Waals surface area contributed by atoms with Crippen molar-refractivity contribution in [3.63, 3.8) is 0 Å². The number of hydrogen-bond acceptors (Lipinski definition) is 3. The van der Waals surface area contributed by atoms with Crippen LogP contribution in [0.25, 0.3) is 0 Å².